The maximum atomic E-state index is 12.0. The molecule has 0 aliphatic carbocycles. The second kappa shape index (κ2) is 5.19. The van der Waals surface area contributed by atoms with Crippen LogP contribution >= 0.6 is 15.9 Å². The molecule has 3 nitrogen and oxygen atoms in total. The molecule has 4 heteroatoms. The van der Waals surface area contributed by atoms with Gasteiger partial charge in [0.05, 0.1) is 6.42 Å². The molecule has 0 atom stereocenters. The molecule has 0 saturated carbocycles. The Bertz CT molecular complexity index is 537. The van der Waals surface area contributed by atoms with Crippen LogP contribution in [-0.2, 0) is 6.42 Å². The van der Waals surface area contributed by atoms with Crippen LogP contribution in [0.15, 0.2) is 41.3 Å². The summed E-state index contributed by atoms with van der Waals surface area (Å²) in [5.74, 6) is 0.0467. The van der Waals surface area contributed by atoms with Crippen LogP contribution < -0.4 is 0 Å². The highest BCUT2D eigenvalue weighted by Gasteiger charge is 2.10. The van der Waals surface area contributed by atoms with Crippen LogP contribution in [0, 0.1) is 6.92 Å². The van der Waals surface area contributed by atoms with E-state index >= 15 is 0 Å². The second-order valence-electron chi connectivity index (χ2n) is 3.76. The van der Waals surface area contributed by atoms with Crippen molar-refractivity contribution in [2.75, 3.05) is 0 Å². The van der Waals surface area contributed by atoms with Gasteiger partial charge in [0, 0.05) is 34.3 Å². The van der Waals surface area contributed by atoms with Crippen molar-refractivity contribution in [3.63, 3.8) is 0 Å². The molecule has 0 aromatic carbocycles. The molecule has 17 heavy (non-hydrogen) atoms. The van der Waals surface area contributed by atoms with E-state index in [2.05, 4.69) is 25.9 Å². The Morgan fingerprint density at radius 3 is 2.76 bits per heavy atom. The summed E-state index contributed by atoms with van der Waals surface area (Å²) in [6.45, 7) is 1.91. The van der Waals surface area contributed by atoms with E-state index in [1.807, 2.05) is 25.1 Å². The van der Waals surface area contributed by atoms with Gasteiger partial charge in [0.15, 0.2) is 5.78 Å². The van der Waals surface area contributed by atoms with Gasteiger partial charge in [-0.15, -0.1) is 0 Å². The lowest BCUT2D eigenvalue weighted by Gasteiger charge is -2.03. The molecule has 2 heterocycles. The van der Waals surface area contributed by atoms with Crippen molar-refractivity contribution in [2.24, 2.45) is 0 Å². The third kappa shape index (κ3) is 2.97. The van der Waals surface area contributed by atoms with Crippen LogP contribution in [0.3, 0.4) is 0 Å². The van der Waals surface area contributed by atoms with E-state index in [-0.39, 0.29) is 5.78 Å². The minimum atomic E-state index is 0.0467. The van der Waals surface area contributed by atoms with Gasteiger partial charge in [-0.3, -0.25) is 14.8 Å². The Morgan fingerprint density at radius 2 is 2.12 bits per heavy atom. The van der Waals surface area contributed by atoms with Gasteiger partial charge in [-0.1, -0.05) is 0 Å². The van der Waals surface area contributed by atoms with Crippen molar-refractivity contribution in [3.8, 4) is 0 Å². The van der Waals surface area contributed by atoms with E-state index in [1.165, 1.54) is 0 Å². The topological polar surface area (TPSA) is 42.9 Å². The number of carbonyl (C=O) groups is 1. The van der Waals surface area contributed by atoms with Crippen molar-refractivity contribution < 1.29 is 4.79 Å². The first-order chi connectivity index (χ1) is 8.16. The van der Waals surface area contributed by atoms with Crippen molar-refractivity contribution in [1.29, 1.82) is 0 Å². The molecular weight excluding hydrogens is 280 g/mol. The van der Waals surface area contributed by atoms with Crippen molar-refractivity contribution >= 4 is 21.7 Å². The Hall–Kier alpha value is -1.55. The predicted molar refractivity (Wildman–Crippen MR) is 68.9 cm³/mol. The van der Waals surface area contributed by atoms with Crippen LogP contribution in [0.25, 0.3) is 0 Å². The van der Waals surface area contributed by atoms with E-state index < -0.39 is 0 Å². The minimum absolute atomic E-state index is 0.0467. The number of hydrogen-bond acceptors (Lipinski definition) is 3. The van der Waals surface area contributed by atoms with Crippen LogP contribution in [0.2, 0.25) is 0 Å². The van der Waals surface area contributed by atoms with Gasteiger partial charge in [-0.2, -0.15) is 0 Å². The van der Waals surface area contributed by atoms with E-state index in [1.54, 1.807) is 18.6 Å². The third-order valence-corrected chi connectivity index (χ3v) is 2.94. The van der Waals surface area contributed by atoms with E-state index in [0.29, 0.717) is 12.0 Å². The Kier molecular flexibility index (Phi) is 3.64. The van der Waals surface area contributed by atoms with Gasteiger partial charge in [0.2, 0.25) is 0 Å². The zero-order valence-corrected chi connectivity index (χ0v) is 10.9. The van der Waals surface area contributed by atoms with Gasteiger partial charge < -0.3 is 0 Å². The van der Waals surface area contributed by atoms with Crippen LogP contribution in [0.5, 0.6) is 0 Å². The van der Waals surface area contributed by atoms with Gasteiger partial charge >= 0.3 is 0 Å². The predicted octanol–water partition coefficient (Wildman–Crippen LogP) is 2.97. The van der Waals surface area contributed by atoms with Crippen molar-refractivity contribution in [1.82, 2.24) is 9.97 Å². The number of Topliss-reactive ketones (excluding diaryl/α,β-unsaturated/α-hetero) is 1. The number of ketones is 1. The number of nitrogens with zero attached hydrogens (tertiary/aromatic N) is 2. The highest BCUT2D eigenvalue weighted by Crippen LogP contribution is 2.11. The molecule has 2 aromatic heterocycles. The fourth-order valence-electron chi connectivity index (χ4n) is 1.53. The molecule has 0 spiro atoms. The summed E-state index contributed by atoms with van der Waals surface area (Å²) in [7, 11) is 0. The second-order valence-corrected chi connectivity index (χ2v) is 4.67. The lowest BCUT2D eigenvalue weighted by molar-refractivity contribution is 0.0991. The number of aryl methyl sites for hydroxylation is 1. The van der Waals surface area contributed by atoms with Crippen LogP contribution in [0.4, 0.5) is 0 Å². The smallest absolute Gasteiger partial charge is 0.170 e. The molecule has 0 amide bonds. The zero-order valence-electron chi connectivity index (χ0n) is 9.35. The molecule has 2 aromatic rings. The molecule has 0 fully saturated rings. The summed E-state index contributed by atoms with van der Waals surface area (Å²) in [6, 6.07) is 5.56. The Labute approximate surface area is 108 Å². The first kappa shape index (κ1) is 11.9. The molecule has 0 aliphatic heterocycles. The van der Waals surface area contributed by atoms with Crippen LogP contribution in [-0.4, -0.2) is 15.8 Å². The quantitative estimate of drug-likeness (QED) is 0.816. The first-order valence-electron chi connectivity index (χ1n) is 5.21. The molecule has 86 valence electrons. The van der Waals surface area contributed by atoms with Gasteiger partial charge in [0.25, 0.3) is 0 Å². The molecule has 0 N–H and O–H groups in total. The molecular formula is C13H11BrN2O. The summed E-state index contributed by atoms with van der Waals surface area (Å²) in [5.41, 5.74) is 2.38. The SMILES string of the molecule is Cc1ccncc1C(=O)Cc1ccc(Br)cn1. The Balaban J connectivity index is 2.17. The summed E-state index contributed by atoms with van der Waals surface area (Å²) in [4.78, 5) is 20.2. The molecule has 2 rings (SSSR count). The third-order valence-electron chi connectivity index (χ3n) is 2.47. The van der Waals surface area contributed by atoms with Gasteiger partial charge in [-0.05, 0) is 46.6 Å². The molecule has 0 unspecified atom stereocenters. The number of rotatable bonds is 3. The first-order valence-corrected chi connectivity index (χ1v) is 6.00. The van der Waals surface area contributed by atoms with Crippen molar-refractivity contribution in [3.05, 3.63) is 58.1 Å². The summed E-state index contributed by atoms with van der Waals surface area (Å²) >= 11 is 3.31. The fraction of sp³-hybridized carbons (Fsp3) is 0.154. The normalized spacial score (nSPS) is 10.2. The van der Waals surface area contributed by atoms with E-state index in [0.717, 1.165) is 15.7 Å². The monoisotopic (exact) mass is 290 g/mol. The lowest BCUT2D eigenvalue weighted by atomic mass is 10.0. The minimum Gasteiger partial charge on any atom is -0.294 e. The number of carbonyl (C=O) groups excluding carboxylic acids is 1. The maximum absolute atomic E-state index is 12.0. The standard InChI is InChI=1S/C13H11BrN2O/c1-9-4-5-15-8-12(9)13(17)6-11-3-2-10(14)7-16-11/h2-5,7-8H,6H2,1H3. The zero-order chi connectivity index (χ0) is 12.3. The van der Waals surface area contributed by atoms with Gasteiger partial charge in [0.1, 0.15) is 0 Å². The number of aromatic nitrogens is 2. The molecule has 0 bridgehead atoms. The average Bonchev–Trinajstić information content (AvgIpc) is 2.32. The summed E-state index contributed by atoms with van der Waals surface area (Å²) in [5, 5.41) is 0. The number of hydrogen-bond donors (Lipinski definition) is 0. The number of pyridine rings is 2. The largest absolute Gasteiger partial charge is 0.294 e. The van der Waals surface area contributed by atoms with E-state index in [9.17, 15) is 4.79 Å². The fourth-order valence-corrected chi connectivity index (χ4v) is 1.76. The Morgan fingerprint density at radius 1 is 1.29 bits per heavy atom. The summed E-state index contributed by atoms with van der Waals surface area (Å²) in [6.07, 6.45) is 5.29. The molecule has 0 radical (unpaired) electrons. The van der Waals surface area contributed by atoms with E-state index in [4.69, 9.17) is 0 Å². The molecule has 0 aliphatic rings. The highest BCUT2D eigenvalue weighted by atomic mass is 79.9. The van der Waals surface area contributed by atoms with Crippen molar-refractivity contribution in [2.45, 2.75) is 13.3 Å². The maximum Gasteiger partial charge on any atom is 0.170 e. The lowest BCUT2D eigenvalue weighted by Crippen LogP contribution is -2.07. The number of halogens is 1. The average molecular weight is 291 g/mol. The van der Waals surface area contributed by atoms with Gasteiger partial charge in [-0.25, -0.2) is 0 Å². The molecule has 0 saturated heterocycles. The highest BCUT2D eigenvalue weighted by molar-refractivity contribution is 9.10. The summed E-state index contributed by atoms with van der Waals surface area (Å²) < 4.78 is 0.909. The van der Waals surface area contributed by atoms with Crippen LogP contribution in [0.1, 0.15) is 21.6 Å².